The summed E-state index contributed by atoms with van der Waals surface area (Å²) in [5, 5.41) is 0. The van der Waals surface area contributed by atoms with Gasteiger partial charge in [0.25, 0.3) is 0 Å². The van der Waals surface area contributed by atoms with Crippen molar-refractivity contribution < 1.29 is 14.3 Å². The van der Waals surface area contributed by atoms with E-state index in [0.29, 0.717) is 38.0 Å². The number of benzene rings is 1. The van der Waals surface area contributed by atoms with E-state index in [-0.39, 0.29) is 11.8 Å². The van der Waals surface area contributed by atoms with Crippen LogP contribution in [0.3, 0.4) is 0 Å². The maximum Gasteiger partial charge on any atom is 0.245 e. The summed E-state index contributed by atoms with van der Waals surface area (Å²) in [4.78, 5) is 29.8. The molecule has 3 saturated heterocycles. The average molecular weight is 397 g/mol. The van der Waals surface area contributed by atoms with E-state index in [1.54, 1.807) is 0 Å². The summed E-state index contributed by atoms with van der Waals surface area (Å²) in [6.07, 6.45) is 7.49. The van der Waals surface area contributed by atoms with Gasteiger partial charge in [0, 0.05) is 32.8 Å². The standard InChI is InChI=1S/C24H32N2O3/c1-2-22(27)25-16-12-24(13-17-25,20-7-4-3-5-8-20)23(28)26-14-10-19(11-15-26)21-9-6-18-29-21/h2-5,7-8,19,21H,1,6,9-18H2. The molecule has 0 saturated carbocycles. The molecular weight excluding hydrogens is 364 g/mol. The van der Waals surface area contributed by atoms with E-state index in [2.05, 4.69) is 23.6 Å². The van der Waals surface area contributed by atoms with Crippen molar-refractivity contribution in [2.45, 2.75) is 50.0 Å². The second kappa shape index (κ2) is 8.70. The highest BCUT2D eigenvalue weighted by atomic mass is 16.5. The molecule has 29 heavy (non-hydrogen) atoms. The van der Waals surface area contributed by atoms with Crippen LogP contribution < -0.4 is 0 Å². The van der Waals surface area contributed by atoms with E-state index in [9.17, 15) is 9.59 Å². The van der Waals surface area contributed by atoms with E-state index in [1.165, 1.54) is 18.9 Å². The second-order valence-corrected chi connectivity index (χ2v) is 8.66. The molecular formula is C24H32N2O3. The summed E-state index contributed by atoms with van der Waals surface area (Å²) in [6.45, 7) is 7.31. The fourth-order valence-corrected chi connectivity index (χ4v) is 5.37. The molecule has 5 heteroatoms. The molecule has 0 N–H and O–H groups in total. The Morgan fingerprint density at radius 2 is 1.69 bits per heavy atom. The molecule has 1 aromatic rings. The molecule has 0 aromatic heterocycles. The molecule has 0 radical (unpaired) electrons. The van der Waals surface area contributed by atoms with Crippen LogP contribution in [0.2, 0.25) is 0 Å². The number of carbonyl (C=O) groups excluding carboxylic acids is 2. The number of nitrogens with zero attached hydrogens (tertiary/aromatic N) is 2. The van der Waals surface area contributed by atoms with Gasteiger partial charge in [-0.3, -0.25) is 9.59 Å². The van der Waals surface area contributed by atoms with Gasteiger partial charge in [-0.05, 0) is 56.1 Å². The molecule has 156 valence electrons. The van der Waals surface area contributed by atoms with Crippen molar-refractivity contribution >= 4 is 11.8 Å². The lowest BCUT2D eigenvalue weighted by Crippen LogP contribution is -2.55. The number of amides is 2. The second-order valence-electron chi connectivity index (χ2n) is 8.66. The van der Waals surface area contributed by atoms with Crippen LogP contribution in [0.1, 0.15) is 44.1 Å². The Morgan fingerprint density at radius 1 is 1.00 bits per heavy atom. The van der Waals surface area contributed by atoms with Crippen LogP contribution in [-0.4, -0.2) is 60.5 Å². The predicted molar refractivity (Wildman–Crippen MR) is 112 cm³/mol. The maximum atomic E-state index is 13.8. The van der Waals surface area contributed by atoms with Crippen molar-refractivity contribution in [1.29, 1.82) is 0 Å². The topological polar surface area (TPSA) is 49.9 Å². The third kappa shape index (κ3) is 3.97. The third-order valence-corrected chi connectivity index (χ3v) is 7.16. The van der Waals surface area contributed by atoms with Crippen LogP contribution in [-0.2, 0) is 19.7 Å². The summed E-state index contributed by atoms with van der Waals surface area (Å²) >= 11 is 0. The van der Waals surface area contributed by atoms with Gasteiger partial charge >= 0.3 is 0 Å². The van der Waals surface area contributed by atoms with Crippen molar-refractivity contribution in [1.82, 2.24) is 9.80 Å². The van der Waals surface area contributed by atoms with Crippen molar-refractivity contribution in [3.8, 4) is 0 Å². The van der Waals surface area contributed by atoms with Gasteiger partial charge in [0.2, 0.25) is 11.8 Å². The first kappa shape index (κ1) is 20.1. The minimum Gasteiger partial charge on any atom is -0.378 e. The van der Waals surface area contributed by atoms with Gasteiger partial charge in [-0.2, -0.15) is 0 Å². The van der Waals surface area contributed by atoms with Crippen LogP contribution in [0, 0.1) is 5.92 Å². The smallest absolute Gasteiger partial charge is 0.245 e. The van der Waals surface area contributed by atoms with Gasteiger partial charge in [-0.15, -0.1) is 0 Å². The van der Waals surface area contributed by atoms with Gasteiger partial charge in [0.15, 0.2) is 0 Å². The lowest BCUT2D eigenvalue weighted by molar-refractivity contribution is -0.143. The first-order valence-corrected chi connectivity index (χ1v) is 11.0. The molecule has 3 aliphatic rings. The van der Waals surface area contributed by atoms with Gasteiger partial charge in [-0.25, -0.2) is 0 Å². The van der Waals surface area contributed by atoms with E-state index < -0.39 is 5.41 Å². The number of hydrogen-bond acceptors (Lipinski definition) is 3. The van der Waals surface area contributed by atoms with E-state index >= 15 is 0 Å². The Morgan fingerprint density at radius 3 is 2.28 bits per heavy atom. The summed E-state index contributed by atoms with van der Waals surface area (Å²) in [7, 11) is 0. The summed E-state index contributed by atoms with van der Waals surface area (Å²) < 4.78 is 5.89. The minimum atomic E-state index is -0.532. The van der Waals surface area contributed by atoms with Gasteiger partial charge < -0.3 is 14.5 Å². The van der Waals surface area contributed by atoms with Gasteiger partial charge in [0.1, 0.15) is 0 Å². The molecule has 5 nitrogen and oxygen atoms in total. The van der Waals surface area contributed by atoms with Gasteiger partial charge in [0.05, 0.1) is 11.5 Å². The summed E-state index contributed by atoms with van der Waals surface area (Å²) in [5.74, 6) is 0.776. The molecule has 3 fully saturated rings. The fraction of sp³-hybridized carbons (Fsp3) is 0.583. The van der Waals surface area contributed by atoms with Crippen LogP contribution in [0.15, 0.2) is 43.0 Å². The Hall–Kier alpha value is -2.14. The molecule has 1 atom stereocenters. The van der Waals surface area contributed by atoms with Gasteiger partial charge in [-0.1, -0.05) is 36.9 Å². The zero-order valence-electron chi connectivity index (χ0n) is 17.2. The molecule has 3 heterocycles. The Kier molecular flexibility index (Phi) is 6.04. The van der Waals surface area contributed by atoms with Crippen LogP contribution in [0.5, 0.6) is 0 Å². The number of carbonyl (C=O) groups is 2. The molecule has 1 aromatic carbocycles. The summed E-state index contributed by atoms with van der Waals surface area (Å²) in [6, 6.07) is 10.2. The van der Waals surface area contributed by atoms with Crippen LogP contribution in [0.4, 0.5) is 0 Å². The van der Waals surface area contributed by atoms with Crippen LogP contribution >= 0.6 is 0 Å². The number of piperidine rings is 2. The fourth-order valence-electron chi connectivity index (χ4n) is 5.37. The molecule has 0 spiro atoms. The van der Waals surface area contributed by atoms with E-state index in [4.69, 9.17) is 4.74 Å². The maximum absolute atomic E-state index is 13.8. The number of rotatable bonds is 4. The largest absolute Gasteiger partial charge is 0.378 e. The molecule has 0 bridgehead atoms. The number of likely N-dealkylation sites (tertiary alicyclic amines) is 2. The van der Waals surface area contributed by atoms with Crippen LogP contribution in [0.25, 0.3) is 0 Å². The molecule has 0 aliphatic carbocycles. The lowest BCUT2D eigenvalue weighted by Gasteiger charge is -2.45. The highest BCUT2D eigenvalue weighted by Gasteiger charge is 2.46. The normalized spacial score (nSPS) is 25.0. The third-order valence-electron chi connectivity index (χ3n) is 7.16. The predicted octanol–water partition coefficient (Wildman–Crippen LogP) is 3.15. The van der Waals surface area contributed by atoms with E-state index in [1.807, 2.05) is 23.1 Å². The first-order valence-electron chi connectivity index (χ1n) is 11.0. The Balaban J connectivity index is 1.49. The number of hydrogen-bond donors (Lipinski definition) is 0. The Labute approximate surface area is 173 Å². The molecule has 1 unspecified atom stereocenters. The van der Waals surface area contributed by atoms with Crippen molar-refractivity contribution in [2.24, 2.45) is 5.92 Å². The van der Waals surface area contributed by atoms with Crippen molar-refractivity contribution in [3.05, 3.63) is 48.6 Å². The molecule has 2 amide bonds. The highest BCUT2D eigenvalue weighted by molar-refractivity contribution is 5.90. The zero-order chi connectivity index (χ0) is 20.3. The van der Waals surface area contributed by atoms with Crippen molar-refractivity contribution in [2.75, 3.05) is 32.8 Å². The van der Waals surface area contributed by atoms with E-state index in [0.717, 1.165) is 38.1 Å². The molecule has 4 rings (SSSR count). The zero-order valence-corrected chi connectivity index (χ0v) is 17.2. The summed E-state index contributed by atoms with van der Waals surface area (Å²) in [5.41, 5.74) is 0.549. The highest BCUT2D eigenvalue weighted by Crippen LogP contribution is 2.39. The first-order chi connectivity index (χ1) is 14.1. The molecule has 3 aliphatic heterocycles. The SMILES string of the molecule is C=CC(=O)N1CCC(C(=O)N2CCC(C3CCCO3)CC2)(c2ccccc2)CC1. The average Bonchev–Trinajstić information content (AvgIpc) is 3.34. The monoisotopic (exact) mass is 396 g/mol. The number of ether oxygens (including phenoxy) is 1. The quantitative estimate of drug-likeness (QED) is 0.735. The van der Waals surface area contributed by atoms with Crippen molar-refractivity contribution in [3.63, 3.8) is 0 Å². The minimum absolute atomic E-state index is 0.0449. The lowest BCUT2D eigenvalue weighted by atomic mass is 9.71. The Bertz CT molecular complexity index is 726.